The molecular weight excluding hydrogens is 320 g/mol. The first kappa shape index (κ1) is 22.5. The number of unbranched alkanes of at least 4 members (excludes halogenated alkanes) is 12. The fourth-order valence-corrected chi connectivity index (χ4v) is 3.06. The van der Waals surface area contributed by atoms with Gasteiger partial charge < -0.3 is 4.74 Å². The zero-order valence-electron chi connectivity index (χ0n) is 16.8. The van der Waals surface area contributed by atoms with Gasteiger partial charge in [-0.2, -0.15) is 0 Å². The van der Waals surface area contributed by atoms with E-state index in [-0.39, 0.29) is 5.97 Å². The van der Waals surface area contributed by atoms with Crippen LogP contribution in [0.25, 0.3) is 0 Å². The highest BCUT2D eigenvalue weighted by atomic mass is 16.5. The van der Waals surface area contributed by atoms with Crippen LogP contribution < -0.4 is 4.74 Å². The molecule has 0 bridgehead atoms. The largest absolute Gasteiger partial charge is 0.426 e. The normalized spacial score (nSPS) is 11.1. The number of para-hydroxylation sites is 1. The summed E-state index contributed by atoms with van der Waals surface area (Å²) in [5.41, 5.74) is 0. The number of benzene rings is 1. The number of carbonyl (C=O) groups is 1. The Morgan fingerprint density at radius 2 is 1.31 bits per heavy atom. The molecule has 2 heteroatoms. The molecule has 1 rings (SSSR count). The van der Waals surface area contributed by atoms with Crippen LogP contribution >= 0.6 is 0 Å². The number of hydrogen-bond acceptors (Lipinski definition) is 2. The lowest BCUT2D eigenvalue weighted by Gasteiger charge is -2.02. The summed E-state index contributed by atoms with van der Waals surface area (Å²) in [6.45, 7) is 2.27. The lowest BCUT2D eigenvalue weighted by molar-refractivity contribution is -0.133. The van der Waals surface area contributed by atoms with Crippen molar-refractivity contribution >= 4 is 5.97 Å². The Bertz CT molecular complexity index is 464. The Morgan fingerprint density at radius 3 is 1.88 bits per heavy atom. The van der Waals surface area contributed by atoms with E-state index in [0.717, 1.165) is 6.42 Å². The Morgan fingerprint density at radius 1 is 0.769 bits per heavy atom. The number of allylic oxidation sites excluding steroid dienone is 1. The average Bonchev–Trinajstić information content (AvgIpc) is 2.65. The van der Waals surface area contributed by atoms with Gasteiger partial charge in [0.25, 0.3) is 0 Å². The lowest BCUT2D eigenvalue weighted by atomic mass is 10.0. The van der Waals surface area contributed by atoms with E-state index in [1.807, 2.05) is 24.3 Å². The third-order valence-electron chi connectivity index (χ3n) is 4.65. The monoisotopic (exact) mass is 358 g/mol. The highest BCUT2D eigenvalue weighted by molar-refractivity contribution is 5.73. The number of carbonyl (C=O) groups excluding carboxylic acids is 1. The van der Waals surface area contributed by atoms with E-state index >= 15 is 0 Å². The van der Waals surface area contributed by atoms with E-state index in [1.54, 1.807) is 12.1 Å². The van der Waals surface area contributed by atoms with Crippen molar-refractivity contribution in [3.05, 3.63) is 42.5 Å². The summed E-state index contributed by atoms with van der Waals surface area (Å²) in [5, 5.41) is 0. The van der Waals surface area contributed by atoms with Crippen LogP contribution in [0.5, 0.6) is 5.75 Å². The first-order chi connectivity index (χ1) is 12.8. The van der Waals surface area contributed by atoms with Crippen LogP contribution in [0.1, 0.15) is 96.8 Å². The molecule has 146 valence electrons. The molecule has 0 N–H and O–H groups in total. The van der Waals surface area contributed by atoms with E-state index in [4.69, 9.17) is 4.74 Å². The highest BCUT2D eigenvalue weighted by Crippen LogP contribution is 2.13. The van der Waals surface area contributed by atoms with Gasteiger partial charge in [-0.25, -0.2) is 0 Å². The summed E-state index contributed by atoms with van der Waals surface area (Å²) in [4.78, 5) is 11.7. The van der Waals surface area contributed by atoms with Crippen molar-refractivity contribution in [3.63, 3.8) is 0 Å². The number of ether oxygens (including phenoxy) is 1. The van der Waals surface area contributed by atoms with Crippen molar-refractivity contribution in [2.24, 2.45) is 0 Å². The van der Waals surface area contributed by atoms with E-state index in [2.05, 4.69) is 13.0 Å². The van der Waals surface area contributed by atoms with Gasteiger partial charge >= 0.3 is 5.97 Å². The molecule has 0 heterocycles. The van der Waals surface area contributed by atoms with E-state index < -0.39 is 0 Å². The van der Waals surface area contributed by atoms with Gasteiger partial charge in [0.1, 0.15) is 5.75 Å². The van der Waals surface area contributed by atoms with Gasteiger partial charge in [-0.15, -0.1) is 0 Å². The van der Waals surface area contributed by atoms with Crippen LogP contribution in [0.4, 0.5) is 0 Å². The molecule has 0 atom stereocenters. The van der Waals surface area contributed by atoms with Crippen LogP contribution in [-0.4, -0.2) is 5.97 Å². The fraction of sp³-hybridized carbons (Fsp3) is 0.625. The first-order valence-corrected chi connectivity index (χ1v) is 10.7. The van der Waals surface area contributed by atoms with Crippen LogP contribution in [0.3, 0.4) is 0 Å². The Hall–Kier alpha value is -1.57. The maximum atomic E-state index is 11.7. The summed E-state index contributed by atoms with van der Waals surface area (Å²) in [6, 6.07) is 9.24. The molecular formula is C24H38O2. The van der Waals surface area contributed by atoms with Crippen LogP contribution in [0, 0.1) is 0 Å². The molecule has 1 aromatic rings. The molecule has 0 radical (unpaired) electrons. The number of rotatable bonds is 16. The van der Waals surface area contributed by atoms with Gasteiger partial charge in [-0.3, -0.25) is 4.79 Å². The van der Waals surface area contributed by atoms with Gasteiger partial charge in [0.05, 0.1) is 6.42 Å². The van der Waals surface area contributed by atoms with Crippen molar-refractivity contribution in [2.75, 3.05) is 0 Å². The minimum absolute atomic E-state index is 0.192. The van der Waals surface area contributed by atoms with Crippen LogP contribution in [0.15, 0.2) is 42.5 Å². The minimum atomic E-state index is -0.192. The van der Waals surface area contributed by atoms with E-state index in [0.29, 0.717) is 12.2 Å². The summed E-state index contributed by atoms with van der Waals surface area (Å²) < 4.78 is 5.24. The Kier molecular flexibility index (Phi) is 14.6. The molecule has 0 saturated carbocycles. The fourth-order valence-electron chi connectivity index (χ4n) is 3.06. The van der Waals surface area contributed by atoms with Crippen molar-refractivity contribution in [1.29, 1.82) is 0 Å². The zero-order chi connectivity index (χ0) is 18.7. The number of esters is 1. The van der Waals surface area contributed by atoms with Crippen molar-refractivity contribution in [1.82, 2.24) is 0 Å². The topological polar surface area (TPSA) is 26.3 Å². The Balaban J connectivity index is 1.84. The van der Waals surface area contributed by atoms with Gasteiger partial charge in [0.15, 0.2) is 0 Å². The molecule has 0 aliphatic heterocycles. The van der Waals surface area contributed by atoms with Crippen molar-refractivity contribution < 1.29 is 9.53 Å². The zero-order valence-corrected chi connectivity index (χ0v) is 16.8. The van der Waals surface area contributed by atoms with Crippen LogP contribution in [0.2, 0.25) is 0 Å². The molecule has 0 fully saturated rings. The third kappa shape index (κ3) is 13.7. The molecule has 0 spiro atoms. The second kappa shape index (κ2) is 16.9. The molecule has 0 aliphatic carbocycles. The molecule has 0 amide bonds. The smallest absolute Gasteiger partial charge is 0.315 e. The first-order valence-electron chi connectivity index (χ1n) is 10.7. The summed E-state index contributed by atoms with van der Waals surface area (Å²) in [5.74, 6) is 0.425. The quantitative estimate of drug-likeness (QED) is 0.131. The lowest BCUT2D eigenvalue weighted by Crippen LogP contribution is -2.05. The molecule has 2 nitrogen and oxygen atoms in total. The maximum Gasteiger partial charge on any atom is 0.315 e. The SMILES string of the molecule is CCCCCCCCCCCCCCC=CCC(=O)Oc1ccccc1. The molecule has 0 aromatic heterocycles. The van der Waals surface area contributed by atoms with Gasteiger partial charge in [-0.05, 0) is 25.0 Å². The molecule has 1 aromatic carbocycles. The third-order valence-corrected chi connectivity index (χ3v) is 4.65. The molecule has 0 unspecified atom stereocenters. The summed E-state index contributed by atoms with van der Waals surface area (Å²) >= 11 is 0. The maximum absolute atomic E-state index is 11.7. The minimum Gasteiger partial charge on any atom is -0.426 e. The van der Waals surface area contributed by atoms with E-state index in [9.17, 15) is 4.79 Å². The summed E-state index contributed by atoms with van der Waals surface area (Å²) in [6.07, 6.45) is 22.0. The van der Waals surface area contributed by atoms with E-state index in [1.165, 1.54) is 77.0 Å². The molecule has 26 heavy (non-hydrogen) atoms. The predicted octanol–water partition coefficient (Wildman–Crippen LogP) is 7.63. The second-order valence-corrected chi connectivity index (χ2v) is 7.14. The second-order valence-electron chi connectivity index (χ2n) is 7.14. The average molecular weight is 359 g/mol. The summed E-state index contributed by atoms with van der Waals surface area (Å²) in [7, 11) is 0. The standard InChI is InChI=1S/C24H38O2/c1-2-3-4-5-6-7-8-9-10-11-12-13-14-15-19-22-24(25)26-23-20-17-16-18-21-23/h15-21H,2-14,22H2,1H3. The Labute approximate surface area is 161 Å². The van der Waals surface area contributed by atoms with Crippen molar-refractivity contribution in [3.8, 4) is 5.75 Å². The van der Waals surface area contributed by atoms with Crippen LogP contribution in [-0.2, 0) is 4.79 Å². The van der Waals surface area contributed by atoms with Gasteiger partial charge in [-0.1, -0.05) is 108 Å². The highest BCUT2D eigenvalue weighted by Gasteiger charge is 2.00. The predicted molar refractivity (Wildman–Crippen MR) is 112 cm³/mol. The molecule has 0 aliphatic rings. The van der Waals surface area contributed by atoms with Gasteiger partial charge in [0, 0.05) is 0 Å². The molecule has 0 saturated heterocycles. The number of hydrogen-bond donors (Lipinski definition) is 0. The van der Waals surface area contributed by atoms with Crippen molar-refractivity contribution in [2.45, 2.75) is 96.8 Å². The van der Waals surface area contributed by atoms with Gasteiger partial charge in [0.2, 0.25) is 0 Å².